The number of nitrogens with zero attached hydrogens (tertiary/aromatic N) is 2. The van der Waals surface area contributed by atoms with Crippen molar-refractivity contribution in [3.05, 3.63) is 105 Å². The fourth-order valence-corrected chi connectivity index (χ4v) is 4.99. The highest BCUT2D eigenvalue weighted by Gasteiger charge is 2.19. The lowest BCUT2D eigenvalue weighted by atomic mass is 10.1. The zero-order chi connectivity index (χ0) is 23.3. The number of aromatic nitrogens is 2. The first-order valence-corrected chi connectivity index (χ1v) is 12.5. The van der Waals surface area contributed by atoms with E-state index in [1.807, 2.05) is 91.0 Å². The van der Waals surface area contributed by atoms with Gasteiger partial charge in [-0.1, -0.05) is 104 Å². The van der Waals surface area contributed by atoms with E-state index in [2.05, 4.69) is 6.92 Å². The quantitative estimate of drug-likeness (QED) is 0.256. The first kappa shape index (κ1) is 22.1. The van der Waals surface area contributed by atoms with Crippen LogP contribution >= 0.6 is 11.3 Å². The van der Waals surface area contributed by atoms with Gasteiger partial charge in [0.05, 0.1) is 22.5 Å². The van der Waals surface area contributed by atoms with Crippen LogP contribution in [0.2, 0.25) is 0 Å². The number of hydrogen-bond donors (Lipinski definition) is 0. The molecule has 0 aliphatic rings. The van der Waals surface area contributed by atoms with E-state index in [-0.39, 0.29) is 5.56 Å². The molecule has 34 heavy (non-hydrogen) atoms. The highest BCUT2D eigenvalue weighted by Crippen LogP contribution is 2.32. The maximum Gasteiger partial charge on any atom is 0.274 e. The van der Waals surface area contributed by atoms with E-state index in [4.69, 9.17) is 9.72 Å². The molecule has 4 nitrogen and oxygen atoms in total. The van der Waals surface area contributed by atoms with Gasteiger partial charge in [-0.25, -0.2) is 9.38 Å². The van der Waals surface area contributed by atoms with E-state index in [0.717, 1.165) is 46.9 Å². The summed E-state index contributed by atoms with van der Waals surface area (Å²) < 4.78 is 8.22. The minimum Gasteiger partial charge on any atom is -0.494 e. The van der Waals surface area contributed by atoms with Gasteiger partial charge in [-0.2, -0.15) is 0 Å². The standard InChI is InChI=1S/C29H26N2O2S/c1-2-3-10-19-33-24-17-15-21(16-18-24)20-25-28(32)31-27(23-13-8-5-9-14-23)26(30-29(31)34-25)22-11-6-4-7-12-22/h4-9,11-18,20H,2-3,10,19H2,1H3/b25-20-. The van der Waals surface area contributed by atoms with Crippen molar-refractivity contribution in [2.24, 2.45) is 0 Å². The highest BCUT2D eigenvalue weighted by molar-refractivity contribution is 7.15. The fraction of sp³-hybridized carbons (Fsp3) is 0.172. The van der Waals surface area contributed by atoms with Gasteiger partial charge in [0.2, 0.25) is 0 Å². The van der Waals surface area contributed by atoms with E-state index in [1.54, 1.807) is 4.40 Å². The summed E-state index contributed by atoms with van der Waals surface area (Å²) in [6.07, 6.45) is 5.35. The maximum absolute atomic E-state index is 13.5. The lowest BCUT2D eigenvalue weighted by molar-refractivity contribution is 0.306. The second-order valence-corrected chi connectivity index (χ2v) is 9.21. The predicted molar refractivity (Wildman–Crippen MR) is 140 cm³/mol. The smallest absolute Gasteiger partial charge is 0.274 e. The maximum atomic E-state index is 13.5. The van der Waals surface area contributed by atoms with Crippen molar-refractivity contribution in [1.29, 1.82) is 0 Å². The van der Waals surface area contributed by atoms with Crippen LogP contribution in [0.1, 0.15) is 31.7 Å². The molecule has 2 heterocycles. The number of unbranched alkanes of at least 4 members (excludes halogenated alkanes) is 2. The summed E-state index contributed by atoms with van der Waals surface area (Å²) in [6.45, 7) is 2.91. The molecular formula is C29H26N2O2S. The first-order valence-electron chi connectivity index (χ1n) is 11.7. The Morgan fingerprint density at radius 1 is 0.882 bits per heavy atom. The van der Waals surface area contributed by atoms with Crippen LogP contribution in [-0.4, -0.2) is 16.0 Å². The SMILES string of the molecule is CCCCCOc1ccc(/C=c2\sc3nc(-c4ccccc4)c(-c4ccccc4)n3c2=O)cc1. The molecule has 0 spiro atoms. The largest absolute Gasteiger partial charge is 0.494 e. The summed E-state index contributed by atoms with van der Waals surface area (Å²) in [6, 6.07) is 27.9. The van der Waals surface area contributed by atoms with E-state index < -0.39 is 0 Å². The van der Waals surface area contributed by atoms with Crippen LogP contribution in [0, 0.1) is 0 Å². The molecule has 170 valence electrons. The topological polar surface area (TPSA) is 43.6 Å². The molecule has 0 N–H and O–H groups in total. The van der Waals surface area contributed by atoms with Gasteiger partial charge in [0.1, 0.15) is 5.75 Å². The Morgan fingerprint density at radius 2 is 1.56 bits per heavy atom. The third-order valence-electron chi connectivity index (χ3n) is 5.75. The zero-order valence-corrected chi connectivity index (χ0v) is 19.9. The summed E-state index contributed by atoms with van der Waals surface area (Å²) in [4.78, 5) is 19.1. The van der Waals surface area contributed by atoms with Crippen molar-refractivity contribution < 1.29 is 4.74 Å². The van der Waals surface area contributed by atoms with E-state index in [0.29, 0.717) is 9.49 Å². The summed E-state index contributed by atoms with van der Waals surface area (Å²) in [5.74, 6) is 0.857. The van der Waals surface area contributed by atoms with Crippen LogP contribution in [0.3, 0.4) is 0 Å². The Bertz CT molecular complexity index is 1490. The van der Waals surface area contributed by atoms with Crippen LogP contribution in [-0.2, 0) is 0 Å². The molecule has 0 aliphatic heterocycles. The third kappa shape index (κ3) is 4.52. The Hall–Kier alpha value is -3.70. The summed E-state index contributed by atoms with van der Waals surface area (Å²) >= 11 is 1.42. The number of thiazole rings is 1. The number of ether oxygens (including phenoxy) is 1. The van der Waals surface area contributed by atoms with Gasteiger partial charge in [0.15, 0.2) is 4.96 Å². The van der Waals surface area contributed by atoms with Crippen molar-refractivity contribution in [3.63, 3.8) is 0 Å². The molecular weight excluding hydrogens is 440 g/mol. The lowest BCUT2D eigenvalue weighted by Gasteiger charge is -2.05. The van der Waals surface area contributed by atoms with Gasteiger partial charge in [-0.15, -0.1) is 0 Å². The summed E-state index contributed by atoms with van der Waals surface area (Å²) in [5, 5.41) is 0. The second-order valence-electron chi connectivity index (χ2n) is 8.20. The Labute approximate surface area is 202 Å². The van der Waals surface area contributed by atoms with Crippen LogP contribution in [0.4, 0.5) is 0 Å². The summed E-state index contributed by atoms with van der Waals surface area (Å²) in [5.41, 5.74) is 4.54. The van der Waals surface area contributed by atoms with E-state index in [9.17, 15) is 4.79 Å². The number of benzene rings is 3. The van der Waals surface area contributed by atoms with Gasteiger partial charge in [-0.05, 0) is 30.2 Å². The number of fused-ring (bicyclic) bond motifs is 1. The van der Waals surface area contributed by atoms with Gasteiger partial charge in [0.25, 0.3) is 5.56 Å². The minimum absolute atomic E-state index is 0.0478. The monoisotopic (exact) mass is 466 g/mol. The van der Waals surface area contributed by atoms with Crippen molar-refractivity contribution in [2.75, 3.05) is 6.61 Å². The van der Waals surface area contributed by atoms with Gasteiger partial charge >= 0.3 is 0 Å². The second kappa shape index (κ2) is 10.1. The van der Waals surface area contributed by atoms with Gasteiger partial charge in [-0.3, -0.25) is 4.79 Å². The van der Waals surface area contributed by atoms with Crippen LogP contribution < -0.4 is 14.8 Å². The Morgan fingerprint density at radius 3 is 2.24 bits per heavy atom. The minimum atomic E-state index is -0.0478. The van der Waals surface area contributed by atoms with Crippen molar-refractivity contribution in [3.8, 4) is 28.3 Å². The van der Waals surface area contributed by atoms with Crippen molar-refractivity contribution in [2.45, 2.75) is 26.2 Å². The van der Waals surface area contributed by atoms with Crippen molar-refractivity contribution >= 4 is 22.4 Å². The molecule has 0 atom stereocenters. The molecule has 5 rings (SSSR count). The van der Waals surface area contributed by atoms with Gasteiger partial charge in [0, 0.05) is 11.1 Å². The Kier molecular flexibility index (Phi) is 6.54. The lowest BCUT2D eigenvalue weighted by Crippen LogP contribution is -2.23. The molecule has 0 saturated heterocycles. The predicted octanol–water partition coefficient (Wildman–Crippen LogP) is 6.21. The molecule has 0 amide bonds. The normalized spacial score (nSPS) is 11.9. The number of imidazole rings is 1. The average molecular weight is 467 g/mol. The number of hydrogen-bond acceptors (Lipinski definition) is 4. The molecule has 0 unspecified atom stereocenters. The zero-order valence-electron chi connectivity index (χ0n) is 19.1. The third-order valence-corrected chi connectivity index (χ3v) is 6.72. The van der Waals surface area contributed by atoms with Crippen LogP contribution in [0.25, 0.3) is 33.6 Å². The molecule has 5 aromatic rings. The molecule has 3 aromatic carbocycles. The van der Waals surface area contributed by atoms with Crippen molar-refractivity contribution in [1.82, 2.24) is 9.38 Å². The van der Waals surface area contributed by atoms with Gasteiger partial charge < -0.3 is 4.74 Å². The highest BCUT2D eigenvalue weighted by atomic mass is 32.1. The molecule has 2 aromatic heterocycles. The fourth-order valence-electron chi connectivity index (χ4n) is 4.01. The molecule has 0 saturated carbocycles. The Balaban J connectivity index is 1.55. The van der Waals surface area contributed by atoms with E-state index in [1.165, 1.54) is 24.2 Å². The average Bonchev–Trinajstić information content (AvgIpc) is 3.40. The molecule has 0 aliphatic carbocycles. The number of rotatable bonds is 8. The first-order chi connectivity index (χ1) is 16.7. The van der Waals surface area contributed by atoms with Crippen LogP contribution in [0.5, 0.6) is 5.75 Å². The molecule has 0 fully saturated rings. The molecule has 0 bridgehead atoms. The van der Waals surface area contributed by atoms with Crippen LogP contribution in [0.15, 0.2) is 89.7 Å². The summed E-state index contributed by atoms with van der Waals surface area (Å²) in [7, 11) is 0. The van der Waals surface area contributed by atoms with E-state index >= 15 is 0 Å². The molecule has 5 heteroatoms. The molecule has 0 radical (unpaired) electrons.